The normalized spacial score (nSPS) is 27.4. The van der Waals surface area contributed by atoms with Gasteiger partial charge in [-0.1, -0.05) is 30.3 Å². The molecule has 0 spiro atoms. The fourth-order valence-corrected chi connectivity index (χ4v) is 3.21. The number of benzene rings is 1. The highest BCUT2D eigenvalue weighted by Crippen LogP contribution is 2.35. The number of hydrogen-bond acceptors (Lipinski definition) is 2. The summed E-state index contributed by atoms with van der Waals surface area (Å²) >= 11 is 0. The van der Waals surface area contributed by atoms with Gasteiger partial charge in [-0.15, -0.1) is 0 Å². The third-order valence-electron chi connectivity index (χ3n) is 4.06. The van der Waals surface area contributed by atoms with E-state index in [1.54, 1.807) is 4.90 Å². The lowest BCUT2D eigenvalue weighted by Crippen LogP contribution is -2.42. The second-order valence-corrected chi connectivity index (χ2v) is 5.27. The van der Waals surface area contributed by atoms with Crippen LogP contribution in [0.4, 0.5) is 0 Å². The number of nitrogens with zero attached hydrogens (tertiary/aromatic N) is 1. The van der Waals surface area contributed by atoms with Gasteiger partial charge in [0.05, 0.1) is 6.04 Å². The SMILES string of the molecule is O=C1CCC[C@@H]2CC(=O)N(Cc3ccccc3)[C@@H]12. The van der Waals surface area contributed by atoms with Crippen LogP contribution in [0.3, 0.4) is 0 Å². The minimum Gasteiger partial charge on any atom is -0.328 e. The predicted octanol–water partition coefficient (Wildman–Crippen LogP) is 2.16. The van der Waals surface area contributed by atoms with Gasteiger partial charge >= 0.3 is 0 Å². The Morgan fingerprint density at radius 2 is 1.94 bits per heavy atom. The van der Waals surface area contributed by atoms with E-state index in [1.807, 2.05) is 30.3 Å². The van der Waals surface area contributed by atoms with Gasteiger partial charge in [0.15, 0.2) is 5.78 Å². The molecule has 1 aromatic rings. The Bertz CT molecular complexity index is 469. The van der Waals surface area contributed by atoms with E-state index in [9.17, 15) is 9.59 Å². The van der Waals surface area contributed by atoms with Crippen molar-refractivity contribution in [1.82, 2.24) is 4.90 Å². The minimum absolute atomic E-state index is 0.143. The highest BCUT2D eigenvalue weighted by atomic mass is 16.2. The largest absolute Gasteiger partial charge is 0.328 e. The summed E-state index contributed by atoms with van der Waals surface area (Å²) in [5.74, 6) is 0.666. The second kappa shape index (κ2) is 4.56. The fraction of sp³-hybridized carbons (Fsp3) is 0.467. The van der Waals surface area contributed by atoms with E-state index in [-0.39, 0.29) is 23.7 Å². The van der Waals surface area contributed by atoms with Gasteiger partial charge in [0.1, 0.15) is 0 Å². The zero-order chi connectivity index (χ0) is 12.5. The van der Waals surface area contributed by atoms with Crippen molar-refractivity contribution in [2.24, 2.45) is 5.92 Å². The number of amides is 1. The number of carbonyl (C=O) groups excluding carboxylic acids is 2. The molecule has 0 radical (unpaired) electrons. The van der Waals surface area contributed by atoms with Crippen LogP contribution in [0, 0.1) is 5.92 Å². The van der Waals surface area contributed by atoms with Crippen LogP contribution in [-0.4, -0.2) is 22.6 Å². The maximum atomic E-state index is 12.1. The lowest BCUT2D eigenvalue weighted by molar-refractivity contribution is -0.135. The molecule has 0 N–H and O–H groups in total. The Kier molecular flexibility index (Phi) is 2.90. The highest BCUT2D eigenvalue weighted by molar-refractivity contribution is 5.93. The molecule has 0 unspecified atom stereocenters. The number of rotatable bonds is 2. The number of hydrogen-bond donors (Lipinski definition) is 0. The Morgan fingerprint density at radius 3 is 2.72 bits per heavy atom. The van der Waals surface area contributed by atoms with Crippen molar-refractivity contribution in [1.29, 1.82) is 0 Å². The summed E-state index contributed by atoms with van der Waals surface area (Å²) in [7, 11) is 0. The average Bonchev–Trinajstić information content (AvgIpc) is 2.69. The van der Waals surface area contributed by atoms with E-state index < -0.39 is 0 Å². The summed E-state index contributed by atoms with van der Waals surface area (Å²) in [6, 6.07) is 9.77. The first-order valence-electron chi connectivity index (χ1n) is 6.62. The molecule has 3 nitrogen and oxygen atoms in total. The van der Waals surface area contributed by atoms with Crippen LogP contribution in [0.15, 0.2) is 30.3 Å². The molecule has 3 heteroatoms. The molecule has 94 valence electrons. The summed E-state index contributed by atoms with van der Waals surface area (Å²) in [6.07, 6.45) is 3.17. The molecule has 2 aliphatic rings. The molecule has 2 fully saturated rings. The topological polar surface area (TPSA) is 37.4 Å². The molecule has 18 heavy (non-hydrogen) atoms. The van der Waals surface area contributed by atoms with Crippen LogP contribution in [0.25, 0.3) is 0 Å². The summed E-state index contributed by atoms with van der Waals surface area (Å²) in [5, 5.41) is 0. The number of likely N-dealkylation sites (tertiary alicyclic amines) is 1. The van der Waals surface area contributed by atoms with Crippen molar-refractivity contribution in [2.75, 3.05) is 0 Å². The maximum Gasteiger partial charge on any atom is 0.223 e. The number of fused-ring (bicyclic) bond motifs is 1. The second-order valence-electron chi connectivity index (χ2n) is 5.27. The van der Waals surface area contributed by atoms with Crippen molar-refractivity contribution in [2.45, 2.75) is 38.3 Å². The quantitative estimate of drug-likeness (QED) is 0.798. The van der Waals surface area contributed by atoms with Crippen molar-refractivity contribution in [3.8, 4) is 0 Å². The van der Waals surface area contributed by atoms with Crippen LogP contribution in [-0.2, 0) is 16.1 Å². The molecule has 0 aromatic heterocycles. The third kappa shape index (κ3) is 1.94. The van der Waals surface area contributed by atoms with E-state index in [4.69, 9.17) is 0 Å². The molecular weight excluding hydrogens is 226 g/mol. The van der Waals surface area contributed by atoms with Crippen molar-refractivity contribution in [3.63, 3.8) is 0 Å². The lowest BCUT2D eigenvalue weighted by atomic mass is 9.84. The van der Waals surface area contributed by atoms with E-state index in [1.165, 1.54) is 0 Å². The number of ketones is 1. The van der Waals surface area contributed by atoms with Gasteiger partial charge in [-0.05, 0) is 24.3 Å². The van der Waals surface area contributed by atoms with Gasteiger partial charge in [-0.2, -0.15) is 0 Å². The van der Waals surface area contributed by atoms with E-state index in [2.05, 4.69) is 0 Å². The smallest absolute Gasteiger partial charge is 0.223 e. The molecule has 1 saturated heterocycles. The summed E-state index contributed by atoms with van der Waals surface area (Å²) < 4.78 is 0. The van der Waals surface area contributed by atoms with Gasteiger partial charge in [0.25, 0.3) is 0 Å². The first-order chi connectivity index (χ1) is 8.75. The average molecular weight is 243 g/mol. The summed E-state index contributed by atoms with van der Waals surface area (Å²) in [5.41, 5.74) is 1.10. The van der Waals surface area contributed by atoms with Crippen molar-refractivity contribution < 1.29 is 9.59 Å². The zero-order valence-electron chi connectivity index (χ0n) is 10.3. The molecule has 1 saturated carbocycles. The molecule has 1 aromatic carbocycles. The van der Waals surface area contributed by atoms with Crippen molar-refractivity contribution >= 4 is 11.7 Å². The molecular formula is C15H17NO2. The van der Waals surface area contributed by atoms with Crippen LogP contribution in [0.2, 0.25) is 0 Å². The van der Waals surface area contributed by atoms with Crippen LogP contribution in [0.5, 0.6) is 0 Å². The Hall–Kier alpha value is -1.64. The predicted molar refractivity (Wildman–Crippen MR) is 67.7 cm³/mol. The van der Waals surface area contributed by atoms with Crippen LogP contribution in [0.1, 0.15) is 31.2 Å². The van der Waals surface area contributed by atoms with E-state index in [0.29, 0.717) is 19.4 Å². The molecule has 1 heterocycles. The molecule has 0 bridgehead atoms. The van der Waals surface area contributed by atoms with Gasteiger partial charge in [0.2, 0.25) is 5.91 Å². The Labute approximate surface area is 107 Å². The maximum absolute atomic E-state index is 12.1. The van der Waals surface area contributed by atoms with Crippen molar-refractivity contribution in [3.05, 3.63) is 35.9 Å². The van der Waals surface area contributed by atoms with Crippen LogP contribution >= 0.6 is 0 Å². The highest BCUT2D eigenvalue weighted by Gasteiger charge is 2.45. The molecule has 1 aliphatic heterocycles. The third-order valence-corrected chi connectivity index (χ3v) is 4.06. The standard InChI is InChI=1S/C15H17NO2/c17-13-8-4-7-12-9-14(18)16(15(12)13)10-11-5-2-1-3-6-11/h1-3,5-6,12,15H,4,7-10H2/t12-,15-/m1/s1. The molecule has 2 atom stereocenters. The first kappa shape index (κ1) is 11.5. The number of carbonyl (C=O) groups is 2. The monoisotopic (exact) mass is 243 g/mol. The Balaban J connectivity index is 1.82. The van der Waals surface area contributed by atoms with Gasteiger partial charge < -0.3 is 4.90 Å². The van der Waals surface area contributed by atoms with E-state index >= 15 is 0 Å². The minimum atomic E-state index is -0.147. The Morgan fingerprint density at radius 1 is 1.17 bits per heavy atom. The molecule has 1 aliphatic carbocycles. The number of Topliss-reactive ketones (excluding diaryl/α,β-unsaturated/α-hetero) is 1. The zero-order valence-corrected chi connectivity index (χ0v) is 10.3. The molecule has 1 amide bonds. The van der Waals surface area contributed by atoms with Gasteiger partial charge in [-0.3, -0.25) is 9.59 Å². The summed E-state index contributed by atoms with van der Waals surface area (Å²) in [6.45, 7) is 0.576. The lowest BCUT2D eigenvalue weighted by Gasteiger charge is -2.30. The fourth-order valence-electron chi connectivity index (χ4n) is 3.21. The van der Waals surface area contributed by atoms with E-state index in [0.717, 1.165) is 18.4 Å². The van der Waals surface area contributed by atoms with Gasteiger partial charge in [-0.25, -0.2) is 0 Å². The summed E-state index contributed by atoms with van der Waals surface area (Å²) in [4.78, 5) is 25.9. The van der Waals surface area contributed by atoms with Gasteiger partial charge in [0, 0.05) is 19.4 Å². The van der Waals surface area contributed by atoms with Crippen LogP contribution < -0.4 is 0 Å². The molecule has 3 rings (SSSR count). The first-order valence-corrected chi connectivity index (χ1v) is 6.62.